The van der Waals surface area contributed by atoms with Crippen LogP contribution in [-0.4, -0.2) is 36.2 Å². The van der Waals surface area contributed by atoms with E-state index in [0.717, 1.165) is 12.8 Å². The minimum Gasteiger partial charge on any atom is -0.464 e. The van der Waals surface area contributed by atoms with Crippen molar-refractivity contribution in [1.82, 2.24) is 4.98 Å². The van der Waals surface area contributed by atoms with Crippen LogP contribution in [0.2, 0.25) is 0 Å². The van der Waals surface area contributed by atoms with Crippen LogP contribution in [0, 0.1) is 0 Å². The quantitative estimate of drug-likeness (QED) is 0.834. The Bertz CT molecular complexity index is 472. The SMILES string of the molecule is COC(=O)c1ccc(NC(=O)[C@H]2CCC(C)O2)cn1. The van der Waals surface area contributed by atoms with Crippen LogP contribution in [0.5, 0.6) is 0 Å². The average Bonchev–Trinajstić information content (AvgIpc) is 2.85. The summed E-state index contributed by atoms with van der Waals surface area (Å²) in [6.07, 6.45) is 2.74. The summed E-state index contributed by atoms with van der Waals surface area (Å²) in [4.78, 5) is 27.0. The van der Waals surface area contributed by atoms with E-state index in [0.29, 0.717) is 5.69 Å². The molecule has 1 saturated heterocycles. The summed E-state index contributed by atoms with van der Waals surface area (Å²) in [5.41, 5.74) is 0.729. The first-order valence-electron chi connectivity index (χ1n) is 6.11. The van der Waals surface area contributed by atoms with Crippen LogP contribution >= 0.6 is 0 Å². The summed E-state index contributed by atoms with van der Waals surface area (Å²) in [5.74, 6) is -0.692. The van der Waals surface area contributed by atoms with Crippen molar-refractivity contribution in [3.8, 4) is 0 Å². The van der Waals surface area contributed by atoms with Crippen molar-refractivity contribution >= 4 is 17.6 Å². The molecule has 0 spiro atoms. The van der Waals surface area contributed by atoms with E-state index in [4.69, 9.17) is 4.74 Å². The van der Waals surface area contributed by atoms with Crippen molar-refractivity contribution in [2.75, 3.05) is 12.4 Å². The molecule has 1 N–H and O–H groups in total. The molecule has 0 saturated carbocycles. The number of esters is 1. The summed E-state index contributed by atoms with van der Waals surface area (Å²) in [6.45, 7) is 1.94. The van der Waals surface area contributed by atoms with Gasteiger partial charge >= 0.3 is 5.97 Å². The lowest BCUT2D eigenvalue weighted by Gasteiger charge is -2.11. The number of carbonyl (C=O) groups is 2. The van der Waals surface area contributed by atoms with Crippen molar-refractivity contribution in [3.63, 3.8) is 0 Å². The number of hydrogen-bond acceptors (Lipinski definition) is 5. The normalized spacial score (nSPS) is 22.0. The lowest BCUT2D eigenvalue weighted by Crippen LogP contribution is -2.27. The number of anilines is 1. The van der Waals surface area contributed by atoms with E-state index in [1.54, 1.807) is 6.07 Å². The second-order valence-corrected chi connectivity index (χ2v) is 4.43. The number of aromatic nitrogens is 1. The Kier molecular flexibility index (Phi) is 4.11. The molecule has 2 rings (SSSR count). The van der Waals surface area contributed by atoms with Gasteiger partial charge < -0.3 is 14.8 Å². The van der Waals surface area contributed by atoms with Crippen LogP contribution in [0.25, 0.3) is 0 Å². The van der Waals surface area contributed by atoms with Crippen LogP contribution in [0.3, 0.4) is 0 Å². The summed E-state index contributed by atoms with van der Waals surface area (Å²) in [6, 6.07) is 3.11. The van der Waals surface area contributed by atoms with E-state index in [9.17, 15) is 9.59 Å². The lowest BCUT2D eigenvalue weighted by atomic mass is 10.2. The minimum absolute atomic E-state index is 0.121. The molecule has 102 valence electrons. The predicted molar refractivity (Wildman–Crippen MR) is 67.8 cm³/mol. The monoisotopic (exact) mass is 264 g/mol. The number of amides is 1. The van der Waals surface area contributed by atoms with Crippen molar-refractivity contribution < 1.29 is 19.1 Å². The van der Waals surface area contributed by atoms with Crippen LogP contribution in [0.15, 0.2) is 18.3 Å². The molecule has 2 heterocycles. The number of rotatable bonds is 3. The fourth-order valence-electron chi connectivity index (χ4n) is 1.91. The molecule has 2 atom stereocenters. The van der Waals surface area contributed by atoms with Gasteiger partial charge in [-0.15, -0.1) is 0 Å². The molecule has 0 bridgehead atoms. The molecule has 1 unspecified atom stereocenters. The highest BCUT2D eigenvalue weighted by Gasteiger charge is 2.28. The molecule has 0 aliphatic carbocycles. The number of ether oxygens (including phenoxy) is 2. The molecular formula is C13H16N2O4. The third-order valence-corrected chi connectivity index (χ3v) is 2.95. The topological polar surface area (TPSA) is 77.5 Å². The Labute approximate surface area is 111 Å². The molecule has 19 heavy (non-hydrogen) atoms. The number of methoxy groups -OCH3 is 1. The fourth-order valence-corrected chi connectivity index (χ4v) is 1.91. The lowest BCUT2D eigenvalue weighted by molar-refractivity contribution is -0.126. The van der Waals surface area contributed by atoms with E-state index in [-0.39, 0.29) is 17.7 Å². The highest BCUT2D eigenvalue weighted by molar-refractivity contribution is 5.94. The van der Waals surface area contributed by atoms with Crippen LogP contribution in [-0.2, 0) is 14.3 Å². The maximum atomic E-state index is 11.9. The van der Waals surface area contributed by atoms with Crippen LogP contribution < -0.4 is 5.32 Å². The van der Waals surface area contributed by atoms with Gasteiger partial charge in [-0.3, -0.25) is 4.79 Å². The number of carbonyl (C=O) groups excluding carboxylic acids is 2. The first-order chi connectivity index (χ1) is 9.10. The van der Waals surface area contributed by atoms with E-state index in [1.165, 1.54) is 19.4 Å². The van der Waals surface area contributed by atoms with Crippen molar-refractivity contribution in [2.24, 2.45) is 0 Å². The van der Waals surface area contributed by atoms with E-state index >= 15 is 0 Å². The Balaban J connectivity index is 1.96. The zero-order valence-electron chi connectivity index (χ0n) is 10.9. The number of nitrogens with zero attached hydrogens (tertiary/aromatic N) is 1. The van der Waals surface area contributed by atoms with Gasteiger partial charge in [0, 0.05) is 0 Å². The summed E-state index contributed by atoms with van der Waals surface area (Å²) in [5, 5.41) is 2.71. The second kappa shape index (κ2) is 5.79. The van der Waals surface area contributed by atoms with Crippen LogP contribution in [0.4, 0.5) is 5.69 Å². The molecular weight excluding hydrogens is 248 g/mol. The zero-order chi connectivity index (χ0) is 13.8. The molecule has 1 aromatic rings. The number of hydrogen-bond donors (Lipinski definition) is 1. The van der Waals surface area contributed by atoms with Gasteiger partial charge in [0.1, 0.15) is 11.8 Å². The Morgan fingerprint density at radius 3 is 2.74 bits per heavy atom. The molecule has 0 aromatic carbocycles. The molecule has 1 aliphatic rings. The van der Waals surface area contributed by atoms with Gasteiger partial charge in [-0.2, -0.15) is 0 Å². The van der Waals surface area contributed by atoms with E-state index < -0.39 is 12.1 Å². The number of nitrogens with one attached hydrogen (secondary N) is 1. The second-order valence-electron chi connectivity index (χ2n) is 4.43. The van der Waals surface area contributed by atoms with Crippen molar-refractivity contribution in [3.05, 3.63) is 24.0 Å². The Morgan fingerprint density at radius 1 is 1.42 bits per heavy atom. The van der Waals surface area contributed by atoms with Gasteiger partial charge in [0.15, 0.2) is 0 Å². The van der Waals surface area contributed by atoms with Gasteiger partial charge in [-0.1, -0.05) is 0 Å². The van der Waals surface area contributed by atoms with Gasteiger partial charge in [-0.05, 0) is 31.9 Å². The van der Waals surface area contributed by atoms with Crippen molar-refractivity contribution in [2.45, 2.75) is 32.0 Å². The molecule has 1 amide bonds. The average molecular weight is 264 g/mol. The Hall–Kier alpha value is -1.95. The summed E-state index contributed by atoms with van der Waals surface area (Å²) < 4.78 is 10.0. The minimum atomic E-state index is -0.508. The first kappa shape index (κ1) is 13.5. The standard InChI is InChI=1S/C13H16N2O4/c1-8-3-6-11(19-8)12(16)15-9-4-5-10(14-7-9)13(17)18-2/h4-5,7-8,11H,3,6H2,1-2H3,(H,15,16)/t8?,11-/m1/s1. The molecule has 0 radical (unpaired) electrons. The van der Waals surface area contributed by atoms with Crippen molar-refractivity contribution in [1.29, 1.82) is 0 Å². The molecule has 1 aliphatic heterocycles. The maximum absolute atomic E-state index is 11.9. The third kappa shape index (κ3) is 3.29. The van der Waals surface area contributed by atoms with E-state index in [2.05, 4.69) is 15.0 Å². The smallest absolute Gasteiger partial charge is 0.356 e. The summed E-state index contributed by atoms with van der Waals surface area (Å²) in [7, 11) is 1.29. The van der Waals surface area contributed by atoms with Gasteiger partial charge in [0.2, 0.25) is 0 Å². The zero-order valence-corrected chi connectivity index (χ0v) is 10.9. The predicted octanol–water partition coefficient (Wildman–Crippen LogP) is 1.37. The molecule has 6 heteroatoms. The molecule has 6 nitrogen and oxygen atoms in total. The first-order valence-corrected chi connectivity index (χ1v) is 6.11. The summed E-state index contributed by atoms with van der Waals surface area (Å²) >= 11 is 0. The largest absolute Gasteiger partial charge is 0.464 e. The maximum Gasteiger partial charge on any atom is 0.356 e. The van der Waals surface area contributed by atoms with Gasteiger partial charge in [-0.25, -0.2) is 9.78 Å². The van der Waals surface area contributed by atoms with Gasteiger partial charge in [0.25, 0.3) is 5.91 Å². The number of pyridine rings is 1. The Morgan fingerprint density at radius 2 is 2.21 bits per heavy atom. The highest BCUT2D eigenvalue weighted by atomic mass is 16.5. The highest BCUT2D eigenvalue weighted by Crippen LogP contribution is 2.20. The third-order valence-electron chi connectivity index (χ3n) is 2.95. The fraction of sp³-hybridized carbons (Fsp3) is 0.462. The van der Waals surface area contributed by atoms with E-state index in [1.807, 2.05) is 6.92 Å². The van der Waals surface area contributed by atoms with Gasteiger partial charge in [0.05, 0.1) is 25.1 Å². The molecule has 1 aromatic heterocycles. The van der Waals surface area contributed by atoms with Crippen LogP contribution in [0.1, 0.15) is 30.3 Å². The molecule has 1 fully saturated rings.